The number of nitrogens with zero attached hydrogens (tertiary/aromatic N) is 4. The topological polar surface area (TPSA) is 133 Å². The first kappa shape index (κ1) is 22.9. The van der Waals surface area contributed by atoms with E-state index < -0.39 is 10.0 Å². The number of thiophene rings is 1. The van der Waals surface area contributed by atoms with Gasteiger partial charge >= 0.3 is 0 Å². The van der Waals surface area contributed by atoms with E-state index in [2.05, 4.69) is 35.1 Å². The van der Waals surface area contributed by atoms with Gasteiger partial charge in [0.05, 0.1) is 17.1 Å². The van der Waals surface area contributed by atoms with Crippen molar-refractivity contribution in [1.29, 1.82) is 0 Å². The highest BCUT2D eigenvalue weighted by Crippen LogP contribution is 2.29. The van der Waals surface area contributed by atoms with Crippen LogP contribution in [0.4, 0.5) is 10.9 Å². The van der Waals surface area contributed by atoms with Crippen molar-refractivity contribution < 1.29 is 13.2 Å². The molecule has 0 bridgehead atoms. The lowest BCUT2D eigenvalue weighted by Crippen LogP contribution is -2.39. The molecule has 13 heteroatoms. The number of likely N-dealkylation sites (tertiary alicyclic amines) is 1. The number of nitrogens with one attached hydrogen (secondary N) is 3. The molecule has 0 aliphatic carbocycles. The van der Waals surface area contributed by atoms with E-state index in [0.717, 1.165) is 54.9 Å². The van der Waals surface area contributed by atoms with E-state index in [0.29, 0.717) is 10.6 Å². The number of rotatable bonds is 8. The summed E-state index contributed by atoms with van der Waals surface area (Å²) in [6.07, 6.45) is 7.81. The van der Waals surface area contributed by atoms with Crippen molar-refractivity contribution >= 4 is 59.8 Å². The molecule has 10 nitrogen and oxygen atoms in total. The number of pyridine rings is 1. The number of amides is 1. The second-order valence-corrected chi connectivity index (χ2v) is 11.9. The maximum Gasteiger partial charge on any atom is 0.272 e. The van der Waals surface area contributed by atoms with Gasteiger partial charge in [0.1, 0.15) is 15.5 Å². The van der Waals surface area contributed by atoms with Gasteiger partial charge in [-0.15, -0.1) is 11.3 Å². The molecule has 0 aromatic carbocycles. The molecule has 1 fully saturated rings. The molecule has 0 radical (unpaired) electrons. The fraction of sp³-hybridized carbons (Fsp3) is 0.333. The molecule has 5 rings (SSSR count). The van der Waals surface area contributed by atoms with Gasteiger partial charge in [0.2, 0.25) is 5.91 Å². The Balaban J connectivity index is 1.17. The number of sulfonamides is 1. The van der Waals surface area contributed by atoms with Crippen LogP contribution in [-0.4, -0.2) is 59.0 Å². The Morgan fingerprint density at radius 2 is 2.12 bits per heavy atom. The van der Waals surface area contributed by atoms with E-state index in [4.69, 9.17) is 0 Å². The Morgan fingerprint density at radius 3 is 2.85 bits per heavy atom. The van der Waals surface area contributed by atoms with Crippen LogP contribution in [0, 0.1) is 5.92 Å². The summed E-state index contributed by atoms with van der Waals surface area (Å²) < 4.78 is 28.3. The average Bonchev–Trinajstić information content (AvgIpc) is 3.59. The number of anilines is 2. The van der Waals surface area contributed by atoms with Crippen LogP contribution in [0.3, 0.4) is 0 Å². The molecule has 0 spiro atoms. The molecule has 1 amide bonds. The molecule has 4 aromatic heterocycles. The van der Waals surface area contributed by atoms with Crippen LogP contribution in [0.2, 0.25) is 0 Å². The van der Waals surface area contributed by atoms with Crippen LogP contribution < -0.4 is 10.0 Å². The normalized spacial score (nSPS) is 15.5. The number of hydrogen-bond donors (Lipinski definition) is 3. The highest BCUT2D eigenvalue weighted by atomic mass is 32.2. The predicted octanol–water partition coefficient (Wildman–Crippen LogP) is 3.17. The molecule has 1 aliphatic heterocycles. The molecule has 0 atom stereocenters. The Morgan fingerprint density at radius 1 is 1.26 bits per heavy atom. The highest BCUT2D eigenvalue weighted by Gasteiger charge is 2.25. The second kappa shape index (κ2) is 9.78. The van der Waals surface area contributed by atoms with E-state index in [1.165, 1.54) is 29.2 Å². The van der Waals surface area contributed by atoms with Crippen LogP contribution in [-0.2, 0) is 21.2 Å². The zero-order valence-corrected chi connectivity index (χ0v) is 20.5. The summed E-state index contributed by atoms with van der Waals surface area (Å²) in [6, 6.07) is 4.85. The fourth-order valence-electron chi connectivity index (χ4n) is 3.87. The van der Waals surface area contributed by atoms with Crippen molar-refractivity contribution in [3.05, 3.63) is 47.7 Å². The quantitative estimate of drug-likeness (QED) is 0.327. The van der Waals surface area contributed by atoms with Crippen molar-refractivity contribution in [3.8, 4) is 0 Å². The first-order chi connectivity index (χ1) is 16.5. The van der Waals surface area contributed by atoms with Crippen LogP contribution >= 0.6 is 22.7 Å². The van der Waals surface area contributed by atoms with Crippen LogP contribution in [0.25, 0.3) is 10.2 Å². The molecule has 3 N–H and O–H groups in total. The smallest absolute Gasteiger partial charge is 0.272 e. The van der Waals surface area contributed by atoms with Gasteiger partial charge in [0, 0.05) is 24.7 Å². The lowest BCUT2D eigenvalue weighted by Gasteiger charge is -2.30. The highest BCUT2D eigenvalue weighted by molar-refractivity contribution is 7.94. The first-order valence-corrected chi connectivity index (χ1v) is 14.0. The summed E-state index contributed by atoms with van der Waals surface area (Å²) >= 11 is 2.44. The van der Waals surface area contributed by atoms with Crippen molar-refractivity contribution in [3.63, 3.8) is 0 Å². The molecular formula is C21H23N7O3S3. The summed E-state index contributed by atoms with van der Waals surface area (Å²) in [4.78, 5) is 23.8. The van der Waals surface area contributed by atoms with Crippen molar-refractivity contribution in [2.45, 2.75) is 23.5 Å². The molecule has 1 saturated heterocycles. The summed E-state index contributed by atoms with van der Waals surface area (Å²) in [5.74, 6) is 0.133. The van der Waals surface area contributed by atoms with E-state index in [1.54, 1.807) is 17.5 Å². The Labute approximate surface area is 204 Å². The maximum absolute atomic E-state index is 12.8. The number of carbonyl (C=O) groups is 1. The van der Waals surface area contributed by atoms with Crippen LogP contribution in [0.15, 0.2) is 46.4 Å². The van der Waals surface area contributed by atoms with E-state index in [9.17, 15) is 13.2 Å². The van der Waals surface area contributed by atoms with Gasteiger partial charge < -0.3 is 10.2 Å². The monoisotopic (exact) mass is 517 g/mol. The number of aromatic amines is 1. The molecule has 0 saturated carbocycles. The summed E-state index contributed by atoms with van der Waals surface area (Å²) in [5.41, 5.74) is 1.79. The van der Waals surface area contributed by atoms with Gasteiger partial charge in [-0.05, 0) is 49.4 Å². The molecular weight excluding hydrogens is 494 g/mol. The number of fused-ring (bicyclic) bond motifs is 1. The predicted molar refractivity (Wildman–Crippen MR) is 133 cm³/mol. The third-order valence-corrected chi connectivity index (χ3v) is 9.42. The lowest BCUT2D eigenvalue weighted by molar-refractivity contribution is -0.121. The Kier molecular flexibility index (Phi) is 6.59. The van der Waals surface area contributed by atoms with Crippen molar-refractivity contribution in [1.82, 2.24) is 25.1 Å². The maximum atomic E-state index is 12.8. The summed E-state index contributed by atoms with van der Waals surface area (Å²) in [5, 5.41) is 11.9. The number of H-pyrrole nitrogens is 1. The zero-order chi connectivity index (χ0) is 23.5. The number of piperidine rings is 1. The first-order valence-electron chi connectivity index (χ1n) is 10.8. The molecule has 34 heavy (non-hydrogen) atoms. The van der Waals surface area contributed by atoms with Crippen LogP contribution in [0.5, 0.6) is 0 Å². The van der Waals surface area contributed by atoms with Gasteiger partial charge in [0.15, 0.2) is 5.13 Å². The van der Waals surface area contributed by atoms with Gasteiger partial charge in [-0.3, -0.25) is 14.6 Å². The minimum atomic E-state index is -3.68. The molecule has 5 heterocycles. The fourth-order valence-corrected chi connectivity index (χ4v) is 6.74. The van der Waals surface area contributed by atoms with Crippen molar-refractivity contribution in [2.24, 2.45) is 5.92 Å². The molecule has 0 unspecified atom stereocenters. The number of carbonyl (C=O) groups excluding carboxylic acids is 1. The minimum Gasteiger partial charge on any atom is -0.303 e. The molecule has 1 aliphatic rings. The second-order valence-electron chi connectivity index (χ2n) is 8.06. The molecule has 4 aromatic rings. The minimum absolute atomic E-state index is 0.0277. The number of hydrogen-bond acceptors (Lipinski definition) is 9. The summed E-state index contributed by atoms with van der Waals surface area (Å²) in [6.45, 7) is 2.72. The van der Waals surface area contributed by atoms with Gasteiger partial charge in [-0.2, -0.15) is 5.10 Å². The average molecular weight is 518 g/mol. The van der Waals surface area contributed by atoms with Gasteiger partial charge in [-0.25, -0.2) is 18.4 Å². The zero-order valence-electron chi connectivity index (χ0n) is 18.1. The SMILES string of the molecule is O=C(Nc1nc2cnc(NS(=O)(=O)c3cccs3)cc2s1)C1CCN(CCc2cn[nH]c2)CC1. The number of thiazole rings is 1. The van der Waals surface area contributed by atoms with E-state index in [-0.39, 0.29) is 21.9 Å². The molecule has 178 valence electrons. The van der Waals surface area contributed by atoms with Crippen LogP contribution in [0.1, 0.15) is 18.4 Å². The Hall–Kier alpha value is -2.87. The Bertz CT molecular complexity index is 1360. The number of aromatic nitrogens is 4. The van der Waals surface area contributed by atoms with E-state index >= 15 is 0 Å². The van der Waals surface area contributed by atoms with Gasteiger partial charge in [-0.1, -0.05) is 17.4 Å². The third kappa shape index (κ3) is 5.27. The van der Waals surface area contributed by atoms with Gasteiger partial charge in [0.25, 0.3) is 10.0 Å². The largest absolute Gasteiger partial charge is 0.303 e. The lowest BCUT2D eigenvalue weighted by atomic mass is 9.96. The van der Waals surface area contributed by atoms with Crippen molar-refractivity contribution in [2.75, 3.05) is 29.7 Å². The third-order valence-electron chi connectivity index (χ3n) is 5.73. The standard InChI is InChI=1S/C21H23N7O3S3/c29-20(15-4-7-28(8-5-15)6-3-14-11-23-24-12-14)26-21-25-16-13-22-18(10-17(16)33-21)27-34(30,31)19-2-1-9-32-19/h1-2,9-13,15H,3-8H2,(H,22,27)(H,23,24)(H,25,26,29). The summed E-state index contributed by atoms with van der Waals surface area (Å²) in [7, 11) is -3.68. The van der Waals surface area contributed by atoms with E-state index in [1.807, 2.05) is 12.4 Å².